The van der Waals surface area contributed by atoms with Gasteiger partial charge in [0.1, 0.15) is 5.75 Å². The molecule has 4 rings (SSSR count). The summed E-state index contributed by atoms with van der Waals surface area (Å²) in [7, 11) is 0. The van der Waals surface area contributed by atoms with Crippen LogP contribution in [0.2, 0.25) is 0 Å². The van der Waals surface area contributed by atoms with Crippen LogP contribution in [0.4, 0.5) is 0 Å². The molecule has 1 aliphatic carbocycles. The zero-order chi connectivity index (χ0) is 15.6. The predicted octanol–water partition coefficient (Wildman–Crippen LogP) is 3.24. The van der Waals surface area contributed by atoms with E-state index in [0.29, 0.717) is 11.8 Å². The highest BCUT2D eigenvalue weighted by Gasteiger charge is 2.36. The Labute approximate surface area is 138 Å². The Morgan fingerprint density at radius 2 is 1.87 bits per heavy atom. The molecule has 3 heteroatoms. The maximum Gasteiger partial charge on any atom is 0.127 e. The molecular weight excluding hydrogens is 284 g/mol. The number of hydrogen-bond acceptors (Lipinski definition) is 3. The molecule has 23 heavy (non-hydrogen) atoms. The Morgan fingerprint density at radius 3 is 2.65 bits per heavy atom. The molecular formula is C20H24N2O. The smallest absolute Gasteiger partial charge is 0.127 e. The highest BCUT2D eigenvalue weighted by atomic mass is 16.3. The molecule has 1 atom stereocenters. The van der Waals surface area contributed by atoms with Crippen molar-refractivity contribution < 1.29 is 5.11 Å². The largest absolute Gasteiger partial charge is 0.507 e. The summed E-state index contributed by atoms with van der Waals surface area (Å²) in [6, 6.07) is 16.9. The molecule has 0 radical (unpaired) electrons. The second-order valence-corrected chi connectivity index (χ2v) is 6.76. The van der Waals surface area contributed by atoms with Gasteiger partial charge in [-0.15, -0.1) is 0 Å². The maximum absolute atomic E-state index is 10.8. The zero-order valence-corrected chi connectivity index (χ0v) is 13.4. The van der Waals surface area contributed by atoms with E-state index < -0.39 is 0 Å². The number of rotatable bonds is 4. The number of benzene rings is 2. The van der Waals surface area contributed by atoms with Crippen molar-refractivity contribution in [2.24, 2.45) is 5.92 Å². The molecule has 1 saturated carbocycles. The number of nitrogens with zero attached hydrogens (tertiary/aromatic N) is 1. The van der Waals surface area contributed by atoms with Crippen molar-refractivity contribution >= 4 is 0 Å². The third-order valence-corrected chi connectivity index (χ3v) is 5.14. The van der Waals surface area contributed by atoms with Gasteiger partial charge >= 0.3 is 0 Å². The second kappa shape index (κ2) is 6.34. The minimum atomic E-state index is 0.437. The van der Waals surface area contributed by atoms with Crippen molar-refractivity contribution in [3.05, 3.63) is 54.1 Å². The minimum absolute atomic E-state index is 0.437. The normalized spacial score (nSPS) is 22.2. The van der Waals surface area contributed by atoms with Crippen molar-refractivity contribution in [3.8, 4) is 16.9 Å². The summed E-state index contributed by atoms with van der Waals surface area (Å²) in [4.78, 5) is 2.55. The van der Waals surface area contributed by atoms with Crippen LogP contribution in [0.15, 0.2) is 48.5 Å². The summed E-state index contributed by atoms with van der Waals surface area (Å²) < 4.78 is 0. The molecule has 0 bridgehead atoms. The number of hydrogen-bond donors (Lipinski definition) is 2. The van der Waals surface area contributed by atoms with Gasteiger partial charge in [0, 0.05) is 43.3 Å². The molecule has 3 nitrogen and oxygen atoms in total. The Kier molecular flexibility index (Phi) is 4.06. The predicted molar refractivity (Wildman–Crippen MR) is 93.3 cm³/mol. The Hall–Kier alpha value is -1.84. The van der Waals surface area contributed by atoms with Gasteiger partial charge in [0.15, 0.2) is 0 Å². The van der Waals surface area contributed by atoms with Gasteiger partial charge in [-0.2, -0.15) is 0 Å². The second-order valence-electron chi connectivity index (χ2n) is 6.76. The van der Waals surface area contributed by atoms with E-state index in [1.807, 2.05) is 24.3 Å². The maximum atomic E-state index is 10.8. The molecule has 2 aromatic rings. The van der Waals surface area contributed by atoms with Crippen molar-refractivity contribution in [1.82, 2.24) is 10.2 Å². The molecule has 1 saturated heterocycles. The molecule has 2 N–H and O–H groups in total. The van der Waals surface area contributed by atoms with Crippen molar-refractivity contribution in [3.63, 3.8) is 0 Å². The molecule has 2 aliphatic rings. The first kappa shape index (κ1) is 14.7. The van der Waals surface area contributed by atoms with E-state index in [4.69, 9.17) is 0 Å². The zero-order valence-electron chi connectivity index (χ0n) is 13.4. The van der Waals surface area contributed by atoms with Crippen molar-refractivity contribution in [2.45, 2.75) is 25.4 Å². The molecule has 1 heterocycles. The molecule has 2 fully saturated rings. The minimum Gasteiger partial charge on any atom is -0.507 e. The van der Waals surface area contributed by atoms with E-state index >= 15 is 0 Å². The van der Waals surface area contributed by atoms with E-state index in [1.54, 1.807) is 0 Å². The molecule has 0 spiro atoms. The third kappa shape index (κ3) is 3.12. The SMILES string of the molecule is Oc1c(CN2CCNCC2C2CC2)cccc1-c1ccccc1. The summed E-state index contributed by atoms with van der Waals surface area (Å²) in [5.74, 6) is 1.29. The number of para-hydroxylation sites is 1. The van der Waals surface area contributed by atoms with Gasteiger partial charge in [0.05, 0.1) is 0 Å². The Balaban J connectivity index is 1.59. The van der Waals surface area contributed by atoms with E-state index in [1.165, 1.54) is 12.8 Å². The average molecular weight is 308 g/mol. The van der Waals surface area contributed by atoms with Crippen LogP contribution in [0.5, 0.6) is 5.75 Å². The van der Waals surface area contributed by atoms with Gasteiger partial charge in [-0.3, -0.25) is 4.90 Å². The van der Waals surface area contributed by atoms with E-state index in [9.17, 15) is 5.11 Å². The summed E-state index contributed by atoms with van der Waals surface area (Å²) in [5, 5.41) is 14.3. The van der Waals surface area contributed by atoms with Crippen LogP contribution in [-0.2, 0) is 6.54 Å². The highest BCUT2D eigenvalue weighted by molar-refractivity contribution is 5.71. The van der Waals surface area contributed by atoms with Crippen LogP contribution in [0.1, 0.15) is 18.4 Å². The van der Waals surface area contributed by atoms with Crippen LogP contribution < -0.4 is 5.32 Å². The van der Waals surface area contributed by atoms with Gasteiger partial charge in [0.25, 0.3) is 0 Å². The molecule has 0 amide bonds. The van der Waals surface area contributed by atoms with Crippen molar-refractivity contribution in [2.75, 3.05) is 19.6 Å². The van der Waals surface area contributed by atoms with Gasteiger partial charge in [-0.05, 0) is 24.3 Å². The Bertz CT molecular complexity index is 667. The van der Waals surface area contributed by atoms with Gasteiger partial charge in [-0.25, -0.2) is 0 Å². The fourth-order valence-corrected chi connectivity index (χ4v) is 3.70. The van der Waals surface area contributed by atoms with E-state index in [0.717, 1.165) is 48.8 Å². The summed E-state index contributed by atoms with van der Waals surface area (Å²) >= 11 is 0. The summed E-state index contributed by atoms with van der Waals surface area (Å²) in [6.45, 7) is 4.04. The lowest BCUT2D eigenvalue weighted by Gasteiger charge is -2.36. The van der Waals surface area contributed by atoms with Gasteiger partial charge < -0.3 is 10.4 Å². The molecule has 1 unspecified atom stereocenters. The van der Waals surface area contributed by atoms with Gasteiger partial charge in [-0.1, -0.05) is 48.5 Å². The quantitative estimate of drug-likeness (QED) is 0.910. The molecule has 1 aliphatic heterocycles. The lowest BCUT2D eigenvalue weighted by Crippen LogP contribution is -2.51. The standard InChI is InChI=1S/C20H24N2O/c23-20-17(7-4-8-18(20)15-5-2-1-3-6-15)14-22-12-11-21-13-19(22)16-9-10-16/h1-8,16,19,21,23H,9-14H2. The van der Waals surface area contributed by atoms with Crippen LogP contribution >= 0.6 is 0 Å². The number of phenolic OH excluding ortho intramolecular Hbond substituents is 1. The Morgan fingerprint density at radius 1 is 1.04 bits per heavy atom. The number of aromatic hydroxyl groups is 1. The summed E-state index contributed by atoms with van der Waals surface area (Å²) in [5.41, 5.74) is 3.05. The lowest BCUT2D eigenvalue weighted by atomic mass is 10.00. The van der Waals surface area contributed by atoms with Crippen molar-refractivity contribution in [1.29, 1.82) is 0 Å². The van der Waals surface area contributed by atoms with E-state index in [-0.39, 0.29) is 0 Å². The number of nitrogens with one attached hydrogen (secondary N) is 1. The van der Waals surface area contributed by atoms with Gasteiger partial charge in [0.2, 0.25) is 0 Å². The topological polar surface area (TPSA) is 35.5 Å². The monoisotopic (exact) mass is 308 g/mol. The average Bonchev–Trinajstić information content (AvgIpc) is 3.43. The summed E-state index contributed by atoms with van der Waals surface area (Å²) in [6.07, 6.45) is 2.72. The molecule has 120 valence electrons. The number of piperazine rings is 1. The van der Waals surface area contributed by atoms with Crippen LogP contribution in [-0.4, -0.2) is 35.7 Å². The van der Waals surface area contributed by atoms with Crippen LogP contribution in [0.25, 0.3) is 11.1 Å². The third-order valence-electron chi connectivity index (χ3n) is 5.14. The lowest BCUT2D eigenvalue weighted by molar-refractivity contribution is 0.134. The molecule has 2 aromatic carbocycles. The first-order chi connectivity index (χ1) is 11.3. The van der Waals surface area contributed by atoms with Crippen LogP contribution in [0, 0.1) is 5.92 Å². The fourth-order valence-electron chi connectivity index (χ4n) is 3.70. The number of phenols is 1. The highest BCUT2D eigenvalue weighted by Crippen LogP contribution is 2.38. The van der Waals surface area contributed by atoms with E-state index in [2.05, 4.69) is 34.5 Å². The fraction of sp³-hybridized carbons (Fsp3) is 0.400. The first-order valence-electron chi connectivity index (χ1n) is 8.64. The molecule has 0 aromatic heterocycles. The first-order valence-corrected chi connectivity index (χ1v) is 8.64. The van der Waals surface area contributed by atoms with Crippen LogP contribution in [0.3, 0.4) is 0 Å².